The summed E-state index contributed by atoms with van der Waals surface area (Å²) in [7, 11) is 1.64. The number of aryl methyl sites for hydroxylation is 1. The molecule has 0 aromatic heterocycles. The highest BCUT2D eigenvalue weighted by Crippen LogP contribution is 2.42. The van der Waals surface area contributed by atoms with Gasteiger partial charge in [-0.15, -0.1) is 0 Å². The largest absolute Gasteiger partial charge is 0.496 e. The van der Waals surface area contributed by atoms with E-state index >= 15 is 0 Å². The fourth-order valence-electron chi connectivity index (χ4n) is 3.94. The third kappa shape index (κ3) is 4.73. The third-order valence-corrected chi connectivity index (χ3v) is 5.44. The Kier molecular flexibility index (Phi) is 6.93. The summed E-state index contributed by atoms with van der Waals surface area (Å²) in [6, 6.07) is 8.53. The third-order valence-electron chi connectivity index (χ3n) is 5.44. The van der Waals surface area contributed by atoms with Gasteiger partial charge in [0.2, 0.25) is 0 Å². The molecule has 0 unspecified atom stereocenters. The number of carbonyl (C=O) groups is 1. The molecule has 0 aliphatic carbocycles. The molecule has 2 atom stereocenters. The average Bonchev–Trinajstić information content (AvgIpc) is 2.70. The monoisotopic (exact) mass is 412 g/mol. The first-order chi connectivity index (χ1) is 14.3. The van der Waals surface area contributed by atoms with E-state index in [9.17, 15) is 14.3 Å². The first-order valence-corrected chi connectivity index (χ1v) is 10.4. The van der Waals surface area contributed by atoms with Gasteiger partial charge in [-0.05, 0) is 52.8 Å². The van der Waals surface area contributed by atoms with Crippen LogP contribution in [0.4, 0.5) is 4.39 Å². The molecule has 1 aliphatic heterocycles. The SMILES string of the molecule is CCc1cc(C(C)C)c(/C=C/[C@H]2C[C@H](O)CC(=O)O2)c(-c2ccc(F)cc2)c1OC. The predicted molar refractivity (Wildman–Crippen MR) is 116 cm³/mol. The zero-order valence-electron chi connectivity index (χ0n) is 17.9. The van der Waals surface area contributed by atoms with Crippen molar-refractivity contribution in [1.82, 2.24) is 0 Å². The highest BCUT2D eigenvalue weighted by atomic mass is 19.1. The van der Waals surface area contributed by atoms with Gasteiger partial charge in [0.1, 0.15) is 17.7 Å². The Morgan fingerprint density at radius 1 is 1.30 bits per heavy atom. The Hall–Kier alpha value is -2.66. The molecule has 30 heavy (non-hydrogen) atoms. The molecule has 1 aliphatic rings. The van der Waals surface area contributed by atoms with Crippen LogP contribution in [0, 0.1) is 5.82 Å². The summed E-state index contributed by atoms with van der Waals surface area (Å²) in [4.78, 5) is 11.7. The number of cyclic esters (lactones) is 1. The lowest BCUT2D eigenvalue weighted by atomic mass is 9.86. The van der Waals surface area contributed by atoms with Crippen molar-refractivity contribution in [2.75, 3.05) is 7.11 Å². The quantitative estimate of drug-likeness (QED) is 0.657. The van der Waals surface area contributed by atoms with E-state index in [1.807, 2.05) is 12.2 Å². The molecule has 1 saturated heterocycles. The van der Waals surface area contributed by atoms with Crippen molar-refractivity contribution < 1.29 is 23.8 Å². The van der Waals surface area contributed by atoms with Crippen LogP contribution in [0.2, 0.25) is 0 Å². The van der Waals surface area contributed by atoms with Crippen molar-refractivity contribution >= 4 is 12.0 Å². The summed E-state index contributed by atoms with van der Waals surface area (Å²) in [6.07, 6.45) is 3.77. The van der Waals surface area contributed by atoms with Gasteiger partial charge in [0.15, 0.2) is 0 Å². The van der Waals surface area contributed by atoms with Crippen LogP contribution in [-0.4, -0.2) is 30.4 Å². The lowest BCUT2D eigenvalue weighted by Crippen LogP contribution is -2.31. The molecule has 5 heteroatoms. The van der Waals surface area contributed by atoms with Crippen molar-refractivity contribution in [2.45, 2.75) is 58.2 Å². The number of benzene rings is 2. The molecule has 0 radical (unpaired) electrons. The van der Waals surface area contributed by atoms with Gasteiger partial charge in [0, 0.05) is 12.0 Å². The van der Waals surface area contributed by atoms with Gasteiger partial charge >= 0.3 is 5.97 Å². The van der Waals surface area contributed by atoms with E-state index in [-0.39, 0.29) is 18.2 Å². The zero-order chi connectivity index (χ0) is 21.8. The molecule has 3 rings (SSSR count). The molecule has 2 aromatic carbocycles. The van der Waals surface area contributed by atoms with Crippen LogP contribution in [0.3, 0.4) is 0 Å². The molecule has 0 spiro atoms. The van der Waals surface area contributed by atoms with Crippen LogP contribution in [-0.2, 0) is 16.0 Å². The van der Waals surface area contributed by atoms with Crippen LogP contribution >= 0.6 is 0 Å². The average molecular weight is 413 g/mol. The van der Waals surface area contributed by atoms with E-state index in [1.54, 1.807) is 19.2 Å². The van der Waals surface area contributed by atoms with Crippen LogP contribution in [0.1, 0.15) is 56.2 Å². The lowest BCUT2D eigenvalue weighted by molar-refractivity contribution is -0.156. The second-order valence-electron chi connectivity index (χ2n) is 7.94. The van der Waals surface area contributed by atoms with E-state index < -0.39 is 18.2 Å². The minimum absolute atomic E-state index is 0.0292. The molecule has 0 saturated carbocycles. The first-order valence-electron chi connectivity index (χ1n) is 10.4. The molecule has 4 nitrogen and oxygen atoms in total. The Labute approximate surface area is 177 Å². The van der Waals surface area contributed by atoms with Crippen molar-refractivity contribution in [3.63, 3.8) is 0 Å². The Morgan fingerprint density at radius 3 is 2.57 bits per heavy atom. The molecule has 2 aromatic rings. The van der Waals surface area contributed by atoms with E-state index in [1.165, 1.54) is 12.1 Å². The molecule has 0 bridgehead atoms. The fourth-order valence-corrected chi connectivity index (χ4v) is 3.94. The molecule has 1 heterocycles. The maximum atomic E-state index is 13.6. The first kappa shape index (κ1) is 22.0. The summed E-state index contributed by atoms with van der Waals surface area (Å²) < 4.78 is 24.8. The highest BCUT2D eigenvalue weighted by Gasteiger charge is 2.26. The van der Waals surface area contributed by atoms with Crippen LogP contribution in [0.5, 0.6) is 5.75 Å². The van der Waals surface area contributed by atoms with Crippen LogP contribution in [0.15, 0.2) is 36.4 Å². The summed E-state index contributed by atoms with van der Waals surface area (Å²) in [5.41, 5.74) is 4.90. The van der Waals surface area contributed by atoms with Gasteiger partial charge < -0.3 is 14.6 Å². The van der Waals surface area contributed by atoms with Crippen molar-refractivity contribution in [3.05, 3.63) is 58.9 Å². The molecule has 1 N–H and O–H groups in total. The maximum absolute atomic E-state index is 13.6. The van der Waals surface area contributed by atoms with Crippen molar-refractivity contribution in [2.24, 2.45) is 0 Å². The van der Waals surface area contributed by atoms with Crippen molar-refractivity contribution in [1.29, 1.82) is 0 Å². The maximum Gasteiger partial charge on any atom is 0.309 e. The Bertz CT molecular complexity index is 931. The molecular formula is C25H29FO4. The number of rotatable bonds is 6. The Balaban J connectivity index is 2.19. The van der Waals surface area contributed by atoms with Gasteiger partial charge in [0.05, 0.1) is 19.6 Å². The molecule has 0 amide bonds. The van der Waals surface area contributed by atoms with Crippen molar-refractivity contribution in [3.8, 4) is 16.9 Å². The van der Waals surface area contributed by atoms with Gasteiger partial charge in [-0.25, -0.2) is 4.39 Å². The van der Waals surface area contributed by atoms with Gasteiger partial charge in [-0.3, -0.25) is 4.79 Å². The van der Waals surface area contributed by atoms with Gasteiger partial charge in [-0.1, -0.05) is 45.0 Å². The van der Waals surface area contributed by atoms with Crippen LogP contribution < -0.4 is 4.74 Å². The normalized spacial score (nSPS) is 19.4. The number of carbonyl (C=O) groups excluding carboxylic acids is 1. The second-order valence-corrected chi connectivity index (χ2v) is 7.94. The van der Waals surface area contributed by atoms with Gasteiger partial charge in [-0.2, -0.15) is 0 Å². The number of hydrogen-bond donors (Lipinski definition) is 1. The van der Waals surface area contributed by atoms with Gasteiger partial charge in [0.25, 0.3) is 0 Å². The van der Waals surface area contributed by atoms with Crippen LogP contribution in [0.25, 0.3) is 17.2 Å². The number of halogens is 1. The standard InChI is InChI=1S/C25H29FO4/c1-5-16-12-22(15(2)3)21(11-10-20-13-19(27)14-23(28)30-20)24(25(16)29-4)17-6-8-18(26)9-7-17/h6-12,15,19-20,27H,5,13-14H2,1-4H3/b11-10+/t19-,20-/m0/s1. The number of hydrogen-bond acceptors (Lipinski definition) is 4. The smallest absolute Gasteiger partial charge is 0.309 e. The second kappa shape index (κ2) is 9.43. The van der Waals surface area contributed by atoms with E-state index in [0.29, 0.717) is 6.42 Å². The number of esters is 1. The summed E-state index contributed by atoms with van der Waals surface area (Å²) in [5, 5.41) is 9.91. The van der Waals surface area contributed by atoms with E-state index in [2.05, 4.69) is 26.8 Å². The minimum atomic E-state index is -0.695. The minimum Gasteiger partial charge on any atom is -0.496 e. The number of ether oxygens (including phenoxy) is 2. The zero-order valence-corrected chi connectivity index (χ0v) is 17.9. The Morgan fingerprint density at radius 2 is 2.00 bits per heavy atom. The summed E-state index contributed by atoms with van der Waals surface area (Å²) in [6.45, 7) is 6.32. The fraction of sp³-hybridized carbons (Fsp3) is 0.400. The predicted octanol–water partition coefficient (Wildman–Crippen LogP) is 5.27. The molecule has 1 fully saturated rings. The number of methoxy groups -OCH3 is 1. The topological polar surface area (TPSA) is 55.8 Å². The highest BCUT2D eigenvalue weighted by molar-refractivity contribution is 5.84. The van der Waals surface area contributed by atoms with E-state index in [4.69, 9.17) is 9.47 Å². The summed E-state index contributed by atoms with van der Waals surface area (Å²) >= 11 is 0. The number of aliphatic hydroxyl groups is 1. The molecular weight excluding hydrogens is 383 g/mol. The molecule has 160 valence electrons. The lowest BCUT2D eigenvalue weighted by Gasteiger charge is -2.25. The van der Waals surface area contributed by atoms with E-state index in [0.717, 1.165) is 40.0 Å². The number of aliphatic hydroxyl groups excluding tert-OH is 1. The summed E-state index contributed by atoms with van der Waals surface area (Å²) in [5.74, 6) is 0.298.